The van der Waals surface area contributed by atoms with Crippen molar-refractivity contribution in [3.63, 3.8) is 0 Å². The second-order valence-corrected chi connectivity index (χ2v) is 7.43. The van der Waals surface area contributed by atoms with Crippen LogP contribution in [0.1, 0.15) is 11.5 Å². The van der Waals surface area contributed by atoms with Crippen LogP contribution in [0.5, 0.6) is 0 Å². The molecular formula is C19H25N9O. The molecule has 0 amide bonds. The first-order chi connectivity index (χ1) is 14.2. The Balaban J connectivity index is 1.34. The van der Waals surface area contributed by atoms with Gasteiger partial charge in [0.2, 0.25) is 0 Å². The monoisotopic (exact) mass is 395 g/mol. The van der Waals surface area contributed by atoms with Gasteiger partial charge in [-0.1, -0.05) is 0 Å². The van der Waals surface area contributed by atoms with E-state index < -0.39 is 0 Å². The van der Waals surface area contributed by atoms with Gasteiger partial charge in [0.05, 0.1) is 13.2 Å². The third kappa shape index (κ3) is 3.55. The van der Waals surface area contributed by atoms with Crippen molar-refractivity contribution in [3.8, 4) is 0 Å². The van der Waals surface area contributed by atoms with Crippen molar-refractivity contribution in [1.82, 2.24) is 29.5 Å². The lowest BCUT2D eigenvalue weighted by molar-refractivity contribution is 0.122. The molecule has 3 aromatic rings. The van der Waals surface area contributed by atoms with Crippen LogP contribution in [-0.2, 0) is 4.74 Å². The Morgan fingerprint density at radius 3 is 2.17 bits per heavy atom. The molecule has 152 valence electrons. The zero-order valence-corrected chi connectivity index (χ0v) is 16.8. The lowest BCUT2D eigenvalue weighted by Gasteiger charge is -2.37. The summed E-state index contributed by atoms with van der Waals surface area (Å²) in [6.45, 7) is 10.7. The first-order valence-corrected chi connectivity index (χ1v) is 10.0. The summed E-state index contributed by atoms with van der Waals surface area (Å²) in [6.07, 6.45) is 1.55. The topological polar surface area (TPSA) is 87.8 Å². The number of fused-ring (bicyclic) bond motifs is 1. The molecule has 29 heavy (non-hydrogen) atoms. The first-order valence-electron chi connectivity index (χ1n) is 10.0. The van der Waals surface area contributed by atoms with Crippen molar-refractivity contribution in [2.24, 2.45) is 0 Å². The fraction of sp³-hybridized carbons (Fsp3) is 0.526. The molecule has 0 unspecified atom stereocenters. The van der Waals surface area contributed by atoms with Crippen molar-refractivity contribution in [2.45, 2.75) is 13.8 Å². The number of ether oxygens (including phenoxy) is 1. The molecule has 0 radical (unpaired) electrons. The highest BCUT2D eigenvalue weighted by atomic mass is 16.5. The minimum absolute atomic E-state index is 0.643. The van der Waals surface area contributed by atoms with Gasteiger partial charge in [0.15, 0.2) is 0 Å². The van der Waals surface area contributed by atoms with E-state index in [-0.39, 0.29) is 0 Å². The van der Waals surface area contributed by atoms with Crippen LogP contribution in [0.25, 0.3) is 5.78 Å². The molecule has 2 aliphatic rings. The Morgan fingerprint density at radius 2 is 1.45 bits per heavy atom. The number of nitrogens with zero attached hydrogens (tertiary/aromatic N) is 9. The van der Waals surface area contributed by atoms with Crippen molar-refractivity contribution in [2.75, 3.05) is 67.2 Å². The number of hydrogen-bond donors (Lipinski definition) is 0. The van der Waals surface area contributed by atoms with Gasteiger partial charge in [-0.3, -0.25) is 0 Å². The average Bonchev–Trinajstić information content (AvgIpc) is 3.22. The molecular weight excluding hydrogens is 370 g/mol. The van der Waals surface area contributed by atoms with Crippen LogP contribution in [0, 0.1) is 13.8 Å². The van der Waals surface area contributed by atoms with Gasteiger partial charge in [-0.05, 0) is 13.8 Å². The molecule has 3 aromatic heterocycles. The number of hydrogen-bond acceptors (Lipinski definition) is 9. The van der Waals surface area contributed by atoms with Crippen LogP contribution >= 0.6 is 0 Å². The fourth-order valence-corrected chi connectivity index (χ4v) is 3.95. The largest absolute Gasteiger partial charge is 0.378 e. The summed E-state index contributed by atoms with van der Waals surface area (Å²) in [5.41, 5.74) is 0.949. The molecule has 10 nitrogen and oxygen atoms in total. The zero-order chi connectivity index (χ0) is 19.8. The number of piperazine rings is 1. The van der Waals surface area contributed by atoms with Crippen LogP contribution in [-0.4, -0.2) is 82.0 Å². The van der Waals surface area contributed by atoms with Crippen LogP contribution in [0.15, 0.2) is 18.5 Å². The van der Waals surface area contributed by atoms with Crippen molar-refractivity contribution < 1.29 is 4.74 Å². The van der Waals surface area contributed by atoms with Crippen molar-refractivity contribution in [3.05, 3.63) is 30.0 Å². The molecule has 2 fully saturated rings. The van der Waals surface area contributed by atoms with Crippen LogP contribution in [0.3, 0.4) is 0 Å². The molecule has 2 saturated heterocycles. The fourth-order valence-electron chi connectivity index (χ4n) is 3.95. The lowest BCUT2D eigenvalue weighted by Crippen LogP contribution is -2.47. The Bertz CT molecular complexity index is 1010. The normalized spacial score (nSPS) is 17.9. The highest BCUT2D eigenvalue weighted by Crippen LogP contribution is 2.23. The molecule has 0 saturated carbocycles. The van der Waals surface area contributed by atoms with E-state index in [1.807, 2.05) is 18.4 Å². The van der Waals surface area contributed by atoms with Crippen LogP contribution in [0.4, 0.5) is 17.5 Å². The van der Waals surface area contributed by atoms with Gasteiger partial charge in [0.1, 0.15) is 29.6 Å². The predicted molar refractivity (Wildman–Crippen MR) is 110 cm³/mol. The molecule has 0 aliphatic carbocycles. The van der Waals surface area contributed by atoms with Crippen molar-refractivity contribution >= 4 is 23.2 Å². The number of morpholine rings is 1. The lowest BCUT2D eigenvalue weighted by atomic mass is 10.3. The quantitative estimate of drug-likeness (QED) is 0.636. The summed E-state index contributed by atoms with van der Waals surface area (Å²) in [6, 6.07) is 4.18. The number of aromatic nitrogens is 6. The van der Waals surface area contributed by atoms with E-state index in [0.29, 0.717) is 5.78 Å². The van der Waals surface area contributed by atoms with Gasteiger partial charge in [0.25, 0.3) is 5.78 Å². The second kappa shape index (κ2) is 7.43. The number of aryl methyl sites for hydroxylation is 2. The highest BCUT2D eigenvalue weighted by molar-refractivity contribution is 5.53. The summed E-state index contributed by atoms with van der Waals surface area (Å²) >= 11 is 0. The van der Waals surface area contributed by atoms with E-state index >= 15 is 0 Å². The highest BCUT2D eigenvalue weighted by Gasteiger charge is 2.23. The predicted octanol–water partition coefficient (Wildman–Crippen LogP) is 0.694. The molecule has 0 spiro atoms. The van der Waals surface area contributed by atoms with E-state index in [1.54, 1.807) is 6.33 Å². The van der Waals surface area contributed by atoms with E-state index in [2.05, 4.69) is 46.9 Å². The van der Waals surface area contributed by atoms with Gasteiger partial charge in [0, 0.05) is 57.1 Å². The number of anilines is 3. The summed E-state index contributed by atoms with van der Waals surface area (Å²) in [7, 11) is 0. The van der Waals surface area contributed by atoms with Crippen LogP contribution < -0.4 is 14.7 Å². The SMILES string of the molecule is Cc1cc(N2CCN(c3cc(N4CCOCC4)nc(C)n3)CC2)n2ncnc2n1. The summed E-state index contributed by atoms with van der Waals surface area (Å²) in [5.74, 6) is 4.48. The molecule has 2 aliphatic heterocycles. The van der Waals surface area contributed by atoms with Gasteiger partial charge in [-0.25, -0.2) is 15.0 Å². The molecule has 5 heterocycles. The maximum Gasteiger partial charge on any atom is 0.254 e. The molecule has 10 heteroatoms. The van der Waals surface area contributed by atoms with E-state index in [0.717, 1.165) is 81.5 Å². The molecule has 0 aromatic carbocycles. The molecule has 0 bridgehead atoms. The third-order valence-corrected chi connectivity index (χ3v) is 5.43. The Morgan fingerprint density at radius 1 is 0.793 bits per heavy atom. The smallest absolute Gasteiger partial charge is 0.254 e. The van der Waals surface area contributed by atoms with Gasteiger partial charge in [-0.2, -0.15) is 14.6 Å². The third-order valence-electron chi connectivity index (χ3n) is 5.43. The molecule has 0 atom stereocenters. The van der Waals surface area contributed by atoms with Gasteiger partial charge < -0.3 is 19.4 Å². The summed E-state index contributed by atoms with van der Waals surface area (Å²) < 4.78 is 7.28. The minimum atomic E-state index is 0.643. The molecule has 5 rings (SSSR count). The second-order valence-electron chi connectivity index (χ2n) is 7.43. The van der Waals surface area contributed by atoms with Crippen LogP contribution in [0.2, 0.25) is 0 Å². The van der Waals surface area contributed by atoms with E-state index in [4.69, 9.17) is 9.72 Å². The maximum atomic E-state index is 5.47. The van der Waals surface area contributed by atoms with Gasteiger partial charge in [-0.15, -0.1) is 0 Å². The Hall–Kier alpha value is -3.01. The summed E-state index contributed by atoms with van der Waals surface area (Å²) in [5, 5.41) is 4.34. The zero-order valence-electron chi connectivity index (χ0n) is 16.8. The Labute approximate surface area is 169 Å². The standard InChI is InChI=1S/C19H25N9O/c1-14-11-18(28-19(22-14)20-13-21-28)27-5-3-25(4-6-27)16-12-17(24-15(2)23-16)26-7-9-29-10-8-26/h11-13H,3-10H2,1-2H3. The number of rotatable bonds is 3. The minimum Gasteiger partial charge on any atom is -0.378 e. The summed E-state index contributed by atoms with van der Waals surface area (Å²) in [4.78, 5) is 25.0. The van der Waals surface area contributed by atoms with Gasteiger partial charge >= 0.3 is 0 Å². The van der Waals surface area contributed by atoms with E-state index in [1.165, 1.54) is 0 Å². The first kappa shape index (κ1) is 18.0. The Kier molecular flexibility index (Phi) is 4.62. The van der Waals surface area contributed by atoms with Crippen molar-refractivity contribution in [1.29, 1.82) is 0 Å². The average molecular weight is 395 g/mol. The molecule has 0 N–H and O–H groups in total. The maximum absolute atomic E-state index is 5.47. The van der Waals surface area contributed by atoms with E-state index in [9.17, 15) is 0 Å².